The summed E-state index contributed by atoms with van der Waals surface area (Å²) in [6.45, 7) is 2.03. The molecule has 0 aliphatic carbocycles. The monoisotopic (exact) mass is 283 g/mol. The van der Waals surface area contributed by atoms with Gasteiger partial charge in [-0.25, -0.2) is 4.98 Å². The number of aryl methyl sites for hydroxylation is 1. The quantitative estimate of drug-likeness (QED) is 0.802. The standard InChI is InChI=1S/C16H17N3O2/c1-10-4-5-15-14(6-10)18-16(17)19(15)11-7-12(20-2)9-13(8-11)21-3/h4-9H,1-3H3,(H2,17,18). The molecule has 0 aliphatic rings. The minimum atomic E-state index is 0.436. The average molecular weight is 283 g/mol. The molecule has 0 amide bonds. The number of hydrogen-bond acceptors (Lipinski definition) is 4. The van der Waals surface area contributed by atoms with Gasteiger partial charge in [0.15, 0.2) is 0 Å². The van der Waals surface area contributed by atoms with Crippen LogP contribution in [-0.2, 0) is 0 Å². The summed E-state index contributed by atoms with van der Waals surface area (Å²) in [6, 6.07) is 11.7. The molecule has 0 bridgehead atoms. The maximum Gasteiger partial charge on any atom is 0.205 e. The molecule has 0 saturated heterocycles. The highest BCUT2D eigenvalue weighted by molar-refractivity contribution is 5.81. The summed E-state index contributed by atoms with van der Waals surface area (Å²) in [5, 5.41) is 0. The predicted molar refractivity (Wildman–Crippen MR) is 83.3 cm³/mol. The van der Waals surface area contributed by atoms with Crippen LogP contribution in [0.4, 0.5) is 5.95 Å². The molecule has 0 fully saturated rings. The number of anilines is 1. The molecule has 21 heavy (non-hydrogen) atoms. The van der Waals surface area contributed by atoms with Crippen molar-refractivity contribution in [1.29, 1.82) is 0 Å². The Balaban J connectivity index is 2.27. The van der Waals surface area contributed by atoms with Gasteiger partial charge in [0.2, 0.25) is 5.95 Å². The summed E-state index contributed by atoms with van der Waals surface area (Å²) >= 11 is 0. The van der Waals surface area contributed by atoms with Crippen LogP contribution in [0.5, 0.6) is 11.5 Å². The summed E-state index contributed by atoms with van der Waals surface area (Å²) < 4.78 is 12.5. The normalized spacial score (nSPS) is 10.8. The average Bonchev–Trinajstić information content (AvgIpc) is 2.81. The number of aromatic nitrogens is 2. The van der Waals surface area contributed by atoms with E-state index in [1.165, 1.54) is 0 Å². The highest BCUT2D eigenvalue weighted by atomic mass is 16.5. The first-order chi connectivity index (χ1) is 10.1. The molecule has 2 N–H and O–H groups in total. The zero-order valence-electron chi connectivity index (χ0n) is 12.3. The number of hydrogen-bond donors (Lipinski definition) is 1. The Hall–Kier alpha value is -2.69. The summed E-state index contributed by atoms with van der Waals surface area (Å²) in [5.41, 5.74) is 9.92. The first-order valence-corrected chi connectivity index (χ1v) is 6.60. The van der Waals surface area contributed by atoms with Crippen LogP contribution in [0.3, 0.4) is 0 Å². The van der Waals surface area contributed by atoms with Crippen molar-refractivity contribution in [1.82, 2.24) is 9.55 Å². The molecule has 0 atom stereocenters. The number of methoxy groups -OCH3 is 2. The van der Waals surface area contributed by atoms with Crippen LogP contribution in [0.15, 0.2) is 36.4 Å². The third kappa shape index (κ3) is 2.27. The molecule has 2 aromatic carbocycles. The van der Waals surface area contributed by atoms with Gasteiger partial charge in [-0.3, -0.25) is 4.57 Å². The molecule has 108 valence electrons. The van der Waals surface area contributed by atoms with E-state index < -0.39 is 0 Å². The molecule has 0 saturated carbocycles. The molecule has 3 aromatic rings. The van der Waals surface area contributed by atoms with E-state index in [-0.39, 0.29) is 0 Å². The van der Waals surface area contributed by atoms with Gasteiger partial charge in [0.25, 0.3) is 0 Å². The van der Waals surface area contributed by atoms with Gasteiger partial charge in [0, 0.05) is 18.2 Å². The van der Waals surface area contributed by atoms with Crippen LogP contribution < -0.4 is 15.2 Å². The number of fused-ring (bicyclic) bond motifs is 1. The van der Waals surface area contributed by atoms with E-state index in [1.54, 1.807) is 14.2 Å². The van der Waals surface area contributed by atoms with E-state index >= 15 is 0 Å². The molecular formula is C16H17N3O2. The van der Waals surface area contributed by atoms with E-state index in [4.69, 9.17) is 15.2 Å². The van der Waals surface area contributed by atoms with E-state index in [0.29, 0.717) is 17.4 Å². The SMILES string of the molecule is COc1cc(OC)cc(-n2c(N)nc3cc(C)ccc32)c1. The predicted octanol–water partition coefficient (Wildman–Crippen LogP) is 2.93. The summed E-state index contributed by atoms with van der Waals surface area (Å²) in [6.07, 6.45) is 0. The Morgan fingerprint density at radius 2 is 1.67 bits per heavy atom. The lowest BCUT2D eigenvalue weighted by Crippen LogP contribution is -2.01. The van der Waals surface area contributed by atoms with Gasteiger partial charge in [-0.1, -0.05) is 6.07 Å². The molecule has 1 aromatic heterocycles. The van der Waals surface area contributed by atoms with Gasteiger partial charge in [-0.05, 0) is 24.6 Å². The van der Waals surface area contributed by atoms with Crippen LogP contribution in [0, 0.1) is 6.92 Å². The van der Waals surface area contributed by atoms with E-state index in [0.717, 1.165) is 22.3 Å². The zero-order valence-corrected chi connectivity index (χ0v) is 12.3. The summed E-state index contributed by atoms with van der Waals surface area (Å²) in [4.78, 5) is 4.42. The Kier molecular flexibility index (Phi) is 3.17. The fourth-order valence-corrected chi connectivity index (χ4v) is 2.40. The molecule has 5 nitrogen and oxygen atoms in total. The Morgan fingerprint density at radius 1 is 1.00 bits per heavy atom. The lowest BCUT2D eigenvalue weighted by molar-refractivity contribution is 0.394. The summed E-state index contributed by atoms with van der Waals surface area (Å²) in [7, 11) is 3.24. The zero-order chi connectivity index (χ0) is 15.0. The van der Waals surface area contributed by atoms with Crippen LogP contribution in [-0.4, -0.2) is 23.8 Å². The third-order valence-corrected chi connectivity index (χ3v) is 3.43. The van der Waals surface area contributed by atoms with Crippen LogP contribution >= 0.6 is 0 Å². The fourth-order valence-electron chi connectivity index (χ4n) is 2.40. The molecule has 1 heterocycles. The first-order valence-electron chi connectivity index (χ1n) is 6.60. The molecule has 0 radical (unpaired) electrons. The molecule has 0 aliphatic heterocycles. The number of ether oxygens (including phenoxy) is 2. The van der Waals surface area contributed by atoms with Crippen LogP contribution in [0.2, 0.25) is 0 Å². The second kappa shape index (κ2) is 5.01. The second-order valence-electron chi connectivity index (χ2n) is 4.87. The Morgan fingerprint density at radius 3 is 2.29 bits per heavy atom. The lowest BCUT2D eigenvalue weighted by atomic mass is 10.2. The molecule has 0 unspecified atom stereocenters. The van der Waals surface area contributed by atoms with E-state index in [2.05, 4.69) is 4.98 Å². The van der Waals surface area contributed by atoms with Crippen molar-refractivity contribution in [2.45, 2.75) is 6.92 Å². The molecule has 3 rings (SSSR count). The fraction of sp³-hybridized carbons (Fsp3) is 0.188. The largest absolute Gasteiger partial charge is 0.497 e. The van der Waals surface area contributed by atoms with Gasteiger partial charge in [0.05, 0.1) is 30.9 Å². The van der Waals surface area contributed by atoms with Crippen molar-refractivity contribution in [3.05, 3.63) is 42.0 Å². The molecular weight excluding hydrogens is 266 g/mol. The Bertz CT molecular complexity index is 786. The lowest BCUT2D eigenvalue weighted by Gasteiger charge is -2.11. The maximum absolute atomic E-state index is 6.09. The number of benzene rings is 2. The minimum Gasteiger partial charge on any atom is -0.497 e. The van der Waals surface area contributed by atoms with Crippen molar-refractivity contribution in [2.75, 3.05) is 20.0 Å². The molecule has 5 heteroatoms. The van der Waals surface area contributed by atoms with Crippen molar-refractivity contribution in [3.63, 3.8) is 0 Å². The van der Waals surface area contributed by atoms with Crippen LogP contribution in [0.1, 0.15) is 5.56 Å². The van der Waals surface area contributed by atoms with E-state index in [1.807, 2.05) is 47.9 Å². The number of nitrogen functional groups attached to an aromatic ring is 1. The van der Waals surface area contributed by atoms with Crippen molar-refractivity contribution < 1.29 is 9.47 Å². The number of imidazole rings is 1. The Labute approximate surface area is 122 Å². The van der Waals surface area contributed by atoms with Crippen molar-refractivity contribution in [3.8, 4) is 17.2 Å². The van der Waals surface area contributed by atoms with E-state index in [9.17, 15) is 0 Å². The summed E-state index contributed by atoms with van der Waals surface area (Å²) in [5.74, 6) is 1.85. The maximum atomic E-state index is 6.09. The van der Waals surface area contributed by atoms with Gasteiger partial charge in [-0.15, -0.1) is 0 Å². The first kappa shape index (κ1) is 13.3. The number of nitrogens with two attached hydrogens (primary N) is 1. The number of rotatable bonds is 3. The number of nitrogens with zero attached hydrogens (tertiary/aromatic N) is 2. The van der Waals surface area contributed by atoms with Gasteiger partial charge in [-0.2, -0.15) is 0 Å². The highest BCUT2D eigenvalue weighted by Gasteiger charge is 2.12. The van der Waals surface area contributed by atoms with Gasteiger partial charge < -0.3 is 15.2 Å². The van der Waals surface area contributed by atoms with Gasteiger partial charge >= 0.3 is 0 Å². The highest BCUT2D eigenvalue weighted by Crippen LogP contribution is 2.29. The second-order valence-corrected chi connectivity index (χ2v) is 4.87. The third-order valence-electron chi connectivity index (χ3n) is 3.43. The van der Waals surface area contributed by atoms with Crippen molar-refractivity contribution >= 4 is 17.0 Å². The van der Waals surface area contributed by atoms with Crippen LogP contribution in [0.25, 0.3) is 16.7 Å². The van der Waals surface area contributed by atoms with Crippen molar-refractivity contribution in [2.24, 2.45) is 0 Å². The minimum absolute atomic E-state index is 0.436. The topological polar surface area (TPSA) is 62.3 Å². The van der Waals surface area contributed by atoms with Gasteiger partial charge in [0.1, 0.15) is 11.5 Å². The smallest absolute Gasteiger partial charge is 0.205 e. The molecule has 0 spiro atoms.